The predicted molar refractivity (Wildman–Crippen MR) is 61.4 cm³/mol. The SMILES string of the molecule is C=C(C)C(=O)OCC(O)COC(=O)NCCC. The lowest BCUT2D eigenvalue weighted by Crippen LogP contribution is -2.30. The van der Waals surface area contributed by atoms with Gasteiger partial charge in [-0.15, -0.1) is 0 Å². The number of ether oxygens (including phenoxy) is 2. The molecule has 2 N–H and O–H groups in total. The normalized spacial score (nSPS) is 11.5. The van der Waals surface area contributed by atoms with Crippen LogP contribution in [0.3, 0.4) is 0 Å². The van der Waals surface area contributed by atoms with Gasteiger partial charge in [-0.3, -0.25) is 0 Å². The predicted octanol–water partition coefficient (Wildman–Crippen LogP) is 0.603. The first-order chi connectivity index (χ1) is 7.97. The lowest BCUT2D eigenvalue weighted by molar-refractivity contribution is -0.142. The summed E-state index contributed by atoms with van der Waals surface area (Å²) in [5.41, 5.74) is 0.249. The van der Waals surface area contributed by atoms with Gasteiger partial charge in [0.1, 0.15) is 19.3 Å². The van der Waals surface area contributed by atoms with E-state index in [0.717, 1.165) is 6.42 Å². The van der Waals surface area contributed by atoms with Crippen LogP contribution in [0.15, 0.2) is 12.2 Å². The van der Waals surface area contributed by atoms with Gasteiger partial charge in [-0.2, -0.15) is 0 Å². The first-order valence-corrected chi connectivity index (χ1v) is 5.38. The molecule has 6 heteroatoms. The summed E-state index contributed by atoms with van der Waals surface area (Å²) in [6, 6.07) is 0. The van der Waals surface area contributed by atoms with E-state index in [1.165, 1.54) is 6.92 Å². The minimum atomic E-state index is -1.04. The molecule has 0 radical (unpaired) electrons. The van der Waals surface area contributed by atoms with Crippen LogP contribution in [0.25, 0.3) is 0 Å². The van der Waals surface area contributed by atoms with E-state index >= 15 is 0 Å². The maximum absolute atomic E-state index is 11.0. The Morgan fingerprint density at radius 3 is 2.47 bits per heavy atom. The van der Waals surface area contributed by atoms with Crippen molar-refractivity contribution >= 4 is 12.1 Å². The molecule has 17 heavy (non-hydrogen) atoms. The fourth-order valence-corrected chi connectivity index (χ4v) is 0.793. The molecule has 1 atom stereocenters. The molecule has 0 bridgehead atoms. The van der Waals surface area contributed by atoms with Gasteiger partial charge in [0.25, 0.3) is 0 Å². The third-order valence-corrected chi connectivity index (χ3v) is 1.68. The highest BCUT2D eigenvalue weighted by Gasteiger charge is 2.11. The number of amides is 1. The standard InChI is InChI=1S/C11H19NO5/c1-4-5-12-11(15)17-7-9(13)6-16-10(14)8(2)3/h9,13H,2,4-7H2,1,3H3,(H,12,15). The number of esters is 1. The number of rotatable bonds is 7. The van der Waals surface area contributed by atoms with Crippen LogP contribution in [0.4, 0.5) is 4.79 Å². The fraction of sp³-hybridized carbons (Fsp3) is 0.636. The molecule has 98 valence electrons. The molecule has 6 nitrogen and oxygen atoms in total. The third kappa shape index (κ3) is 8.27. The van der Waals surface area contributed by atoms with Crippen molar-refractivity contribution in [3.8, 4) is 0 Å². The van der Waals surface area contributed by atoms with Crippen LogP contribution in [0.2, 0.25) is 0 Å². The monoisotopic (exact) mass is 245 g/mol. The average molecular weight is 245 g/mol. The van der Waals surface area contributed by atoms with Crippen LogP contribution < -0.4 is 5.32 Å². The summed E-state index contributed by atoms with van der Waals surface area (Å²) in [6.45, 7) is 6.86. The smallest absolute Gasteiger partial charge is 0.407 e. The summed E-state index contributed by atoms with van der Waals surface area (Å²) < 4.78 is 9.36. The van der Waals surface area contributed by atoms with Crippen molar-refractivity contribution in [1.82, 2.24) is 5.32 Å². The van der Waals surface area contributed by atoms with Gasteiger partial charge in [-0.1, -0.05) is 13.5 Å². The first-order valence-electron chi connectivity index (χ1n) is 5.38. The largest absolute Gasteiger partial charge is 0.459 e. The number of carbonyl (C=O) groups is 2. The average Bonchev–Trinajstić information content (AvgIpc) is 2.30. The van der Waals surface area contributed by atoms with Crippen LogP contribution in [-0.4, -0.2) is 43.0 Å². The number of alkyl carbamates (subject to hydrolysis) is 1. The second kappa shape index (κ2) is 8.58. The van der Waals surface area contributed by atoms with Crippen LogP contribution in [-0.2, 0) is 14.3 Å². The number of aliphatic hydroxyl groups excluding tert-OH is 1. The Balaban J connectivity index is 3.65. The zero-order valence-corrected chi connectivity index (χ0v) is 10.2. The fourth-order valence-electron chi connectivity index (χ4n) is 0.793. The molecular weight excluding hydrogens is 226 g/mol. The maximum atomic E-state index is 11.0. The lowest BCUT2D eigenvalue weighted by atomic mass is 10.3. The van der Waals surface area contributed by atoms with Crippen molar-refractivity contribution in [2.45, 2.75) is 26.4 Å². The van der Waals surface area contributed by atoms with E-state index in [9.17, 15) is 14.7 Å². The molecule has 0 aliphatic carbocycles. The Morgan fingerprint density at radius 1 is 1.35 bits per heavy atom. The molecule has 1 amide bonds. The maximum Gasteiger partial charge on any atom is 0.407 e. The number of hydrogen-bond acceptors (Lipinski definition) is 5. The number of nitrogens with one attached hydrogen (secondary N) is 1. The van der Waals surface area contributed by atoms with E-state index < -0.39 is 18.2 Å². The molecule has 0 spiro atoms. The Hall–Kier alpha value is -1.56. The molecule has 0 aromatic rings. The summed E-state index contributed by atoms with van der Waals surface area (Å²) in [4.78, 5) is 22.0. The highest BCUT2D eigenvalue weighted by Crippen LogP contribution is 1.95. The summed E-state index contributed by atoms with van der Waals surface area (Å²) in [6.07, 6.45) is -0.837. The molecule has 0 saturated heterocycles. The number of aliphatic hydroxyl groups is 1. The molecule has 0 fully saturated rings. The van der Waals surface area contributed by atoms with E-state index in [1.807, 2.05) is 6.92 Å². The number of hydrogen-bond donors (Lipinski definition) is 2. The van der Waals surface area contributed by atoms with E-state index in [2.05, 4.69) is 21.4 Å². The van der Waals surface area contributed by atoms with E-state index in [0.29, 0.717) is 6.54 Å². The summed E-state index contributed by atoms with van der Waals surface area (Å²) in [7, 11) is 0. The van der Waals surface area contributed by atoms with Gasteiger partial charge < -0.3 is 19.9 Å². The highest BCUT2D eigenvalue weighted by molar-refractivity contribution is 5.86. The molecule has 1 unspecified atom stereocenters. The Morgan fingerprint density at radius 2 is 1.94 bits per heavy atom. The third-order valence-electron chi connectivity index (χ3n) is 1.68. The molecule has 0 rings (SSSR count). The van der Waals surface area contributed by atoms with Gasteiger partial charge in [-0.05, 0) is 13.3 Å². The van der Waals surface area contributed by atoms with Gasteiger partial charge in [0.2, 0.25) is 0 Å². The summed E-state index contributed by atoms with van der Waals surface area (Å²) in [5.74, 6) is -0.584. The van der Waals surface area contributed by atoms with Crippen molar-refractivity contribution in [3.63, 3.8) is 0 Å². The minimum absolute atomic E-state index is 0.223. The van der Waals surface area contributed by atoms with Crippen LogP contribution >= 0.6 is 0 Å². The van der Waals surface area contributed by atoms with E-state index in [1.54, 1.807) is 0 Å². The highest BCUT2D eigenvalue weighted by atomic mass is 16.6. The van der Waals surface area contributed by atoms with Crippen molar-refractivity contribution in [2.24, 2.45) is 0 Å². The number of carbonyl (C=O) groups excluding carboxylic acids is 2. The topological polar surface area (TPSA) is 84.9 Å². The first kappa shape index (κ1) is 15.4. The molecule has 0 aliphatic rings. The molecule has 0 saturated carbocycles. The molecule has 0 aromatic carbocycles. The Labute approximate surface area is 101 Å². The lowest BCUT2D eigenvalue weighted by Gasteiger charge is -2.12. The van der Waals surface area contributed by atoms with Crippen molar-refractivity contribution in [2.75, 3.05) is 19.8 Å². The quantitative estimate of drug-likeness (QED) is 0.507. The van der Waals surface area contributed by atoms with Gasteiger partial charge in [-0.25, -0.2) is 9.59 Å². The second-order valence-corrected chi connectivity index (χ2v) is 3.56. The van der Waals surface area contributed by atoms with Gasteiger partial charge in [0.15, 0.2) is 0 Å². The van der Waals surface area contributed by atoms with E-state index in [-0.39, 0.29) is 18.8 Å². The van der Waals surface area contributed by atoms with Gasteiger partial charge in [0.05, 0.1) is 0 Å². The van der Waals surface area contributed by atoms with Crippen LogP contribution in [0.5, 0.6) is 0 Å². The van der Waals surface area contributed by atoms with Gasteiger partial charge >= 0.3 is 12.1 Å². The summed E-state index contributed by atoms with van der Waals surface area (Å²) in [5, 5.41) is 11.8. The molecular formula is C11H19NO5. The van der Waals surface area contributed by atoms with Crippen molar-refractivity contribution in [3.05, 3.63) is 12.2 Å². The Kier molecular flexibility index (Phi) is 7.79. The van der Waals surface area contributed by atoms with Gasteiger partial charge in [0, 0.05) is 12.1 Å². The van der Waals surface area contributed by atoms with Crippen LogP contribution in [0.1, 0.15) is 20.3 Å². The molecule has 0 aromatic heterocycles. The van der Waals surface area contributed by atoms with E-state index in [4.69, 9.17) is 0 Å². The molecule has 0 heterocycles. The zero-order chi connectivity index (χ0) is 13.3. The molecule has 0 aliphatic heterocycles. The second-order valence-electron chi connectivity index (χ2n) is 3.56. The van der Waals surface area contributed by atoms with Crippen molar-refractivity contribution in [1.29, 1.82) is 0 Å². The zero-order valence-electron chi connectivity index (χ0n) is 10.2. The minimum Gasteiger partial charge on any atom is -0.459 e. The summed E-state index contributed by atoms with van der Waals surface area (Å²) >= 11 is 0. The van der Waals surface area contributed by atoms with Crippen LogP contribution in [0, 0.1) is 0 Å². The Bertz CT molecular complexity index is 277. The van der Waals surface area contributed by atoms with Crippen molar-refractivity contribution < 1.29 is 24.2 Å².